The number of nitrogens with zero attached hydrogens (tertiary/aromatic N) is 1. The zero-order valence-corrected chi connectivity index (χ0v) is 15.4. The SMILES string of the molecule is C[C@@H](OC(=O)c1ccc(Cl)cc1)C(=O)Nc1nc(-c2ccccc2)cs1. The Morgan fingerprint density at radius 1 is 1.12 bits per heavy atom. The molecule has 0 aliphatic heterocycles. The van der Waals surface area contributed by atoms with E-state index in [9.17, 15) is 9.59 Å². The molecule has 0 fully saturated rings. The number of aromatic nitrogens is 1. The van der Waals surface area contributed by atoms with Crippen molar-refractivity contribution in [3.8, 4) is 11.3 Å². The first-order valence-electron chi connectivity index (χ1n) is 7.81. The van der Waals surface area contributed by atoms with Crippen LogP contribution in [0.15, 0.2) is 60.0 Å². The molecular weight excluding hydrogens is 372 g/mol. The van der Waals surface area contributed by atoms with Crippen LogP contribution in [0.25, 0.3) is 11.3 Å². The molecule has 0 unspecified atom stereocenters. The van der Waals surface area contributed by atoms with Gasteiger partial charge in [0.25, 0.3) is 5.91 Å². The van der Waals surface area contributed by atoms with E-state index >= 15 is 0 Å². The second kappa shape index (κ2) is 8.12. The van der Waals surface area contributed by atoms with E-state index < -0.39 is 18.0 Å². The summed E-state index contributed by atoms with van der Waals surface area (Å²) in [5.74, 6) is -1.03. The zero-order chi connectivity index (χ0) is 18.5. The summed E-state index contributed by atoms with van der Waals surface area (Å²) < 4.78 is 5.18. The number of esters is 1. The molecule has 1 atom stereocenters. The maximum absolute atomic E-state index is 12.2. The highest BCUT2D eigenvalue weighted by Gasteiger charge is 2.20. The van der Waals surface area contributed by atoms with Crippen molar-refractivity contribution in [2.45, 2.75) is 13.0 Å². The lowest BCUT2D eigenvalue weighted by atomic mass is 10.2. The first kappa shape index (κ1) is 18.1. The Hall–Kier alpha value is -2.70. The molecule has 0 spiro atoms. The Bertz CT molecular complexity index is 910. The molecule has 0 aliphatic rings. The van der Waals surface area contributed by atoms with Gasteiger partial charge in [-0.2, -0.15) is 0 Å². The zero-order valence-electron chi connectivity index (χ0n) is 13.8. The lowest BCUT2D eigenvalue weighted by Crippen LogP contribution is -2.29. The number of halogens is 1. The first-order chi connectivity index (χ1) is 12.5. The van der Waals surface area contributed by atoms with Gasteiger partial charge < -0.3 is 4.74 Å². The summed E-state index contributed by atoms with van der Waals surface area (Å²) in [4.78, 5) is 28.7. The van der Waals surface area contributed by atoms with Crippen LogP contribution in [-0.4, -0.2) is 23.0 Å². The molecule has 1 aromatic heterocycles. The lowest BCUT2D eigenvalue weighted by Gasteiger charge is -2.12. The molecule has 0 aliphatic carbocycles. The summed E-state index contributed by atoms with van der Waals surface area (Å²) in [6.45, 7) is 1.51. The molecular formula is C19H15ClN2O3S. The predicted octanol–water partition coefficient (Wildman–Crippen LogP) is 4.65. The summed E-state index contributed by atoms with van der Waals surface area (Å²) in [5, 5.41) is 5.49. The maximum Gasteiger partial charge on any atom is 0.338 e. The summed E-state index contributed by atoms with van der Waals surface area (Å²) >= 11 is 7.10. The van der Waals surface area contributed by atoms with Gasteiger partial charge in [0, 0.05) is 16.0 Å². The highest BCUT2D eigenvalue weighted by molar-refractivity contribution is 7.14. The first-order valence-corrected chi connectivity index (χ1v) is 9.07. The van der Waals surface area contributed by atoms with Crippen LogP contribution < -0.4 is 5.32 Å². The van der Waals surface area contributed by atoms with Crippen molar-refractivity contribution in [2.24, 2.45) is 0 Å². The predicted molar refractivity (Wildman–Crippen MR) is 103 cm³/mol. The number of thiazole rings is 1. The number of rotatable bonds is 5. The molecule has 1 N–H and O–H groups in total. The van der Waals surface area contributed by atoms with E-state index in [4.69, 9.17) is 16.3 Å². The number of benzene rings is 2. The van der Waals surface area contributed by atoms with Gasteiger partial charge >= 0.3 is 5.97 Å². The van der Waals surface area contributed by atoms with Gasteiger partial charge in [-0.1, -0.05) is 41.9 Å². The minimum atomic E-state index is -0.956. The maximum atomic E-state index is 12.2. The highest BCUT2D eigenvalue weighted by atomic mass is 35.5. The van der Waals surface area contributed by atoms with E-state index in [0.717, 1.165) is 11.3 Å². The van der Waals surface area contributed by atoms with Crippen molar-refractivity contribution in [1.82, 2.24) is 4.98 Å². The lowest BCUT2D eigenvalue weighted by molar-refractivity contribution is -0.123. The highest BCUT2D eigenvalue weighted by Crippen LogP contribution is 2.24. The van der Waals surface area contributed by atoms with E-state index in [1.54, 1.807) is 24.3 Å². The van der Waals surface area contributed by atoms with Gasteiger partial charge in [-0.05, 0) is 31.2 Å². The fraction of sp³-hybridized carbons (Fsp3) is 0.105. The van der Waals surface area contributed by atoms with Crippen molar-refractivity contribution < 1.29 is 14.3 Å². The van der Waals surface area contributed by atoms with Crippen molar-refractivity contribution in [1.29, 1.82) is 0 Å². The van der Waals surface area contributed by atoms with Crippen LogP contribution in [0.1, 0.15) is 17.3 Å². The minimum Gasteiger partial charge on any atom is -0.449 e. The molecule has 1 heterocycles. The van der Waals surface area contributed by atoms with Crippen molar-refractivity contribution in [3.63, 3.8) is 0 Å². The molecule has 5 nitrogen and oxygen atoms in total. The third kappa shape index (κ3) is 4.47. The summed E-state index contributed by atoms with van der Waals surface area (Å²) in [7, 11) is 0. The molecule has 0 saturated carbocycles. The number of carbonyl (C=O) groups is 2. The fourth-order valence-corrected chi connectivity index (χ4v) is 3.00. The number of hydrogen-bond donors (Lipinski definition) is 1. The largest absolute Gasteiger partial charge is 0.449 e. The van der Waals surface area contributed by atoms with Crippen molar-refractivity contribution in [3.05, 3.63) is 70.6 Å². The standard InChI is InChI=1S/C19H15ClN2O3S/c1-12(25-18(24)14-7-9-15(20)10-8-14)17(23)22-19-21-16(11-26-19)13-5-3-2-4-6-13/h2-12H,1H3,(H,21,22,23)/t12-/m1/s1. The van der Waals surface area contributed by atoms with Crippen LogP contribution in [0, 0.1) is 0 Å². The van der Waals surface area contributed by atoms with E-state index in [-0.39, 0.29) is 0 Å². The van der Waals surface area contributed by atoms with E-state index in [2.05, 4.69) is 10.3 Å². The molecule has 0 bridgehead atoms. The van der Waals surface area contributed by atoms with Crippen LogP contribution >= 0.6 is 22.9 Å². The Morgan fingerprint density at radius 3 is 2.50 bits per heavy atom. The van der Waals surface area contributed by atoms with Gasteiger partial charge in [-0.3, -0.25) is 10.1 Å². The average molecular weight is 387 g/mol. The normalized spacial score (nSPS) is 11.6. The van der Waals surface area contributed by atoms with Gasteiger partial charge in [0.05, 0.1) is 11.3 Å². The average Bonchev–Trinajstić information content (AvgIpc) is 3.11. The summed E-state index contributed by atoms with van der Waals surface area (Å²) in [5.41, 5.74) is 2.07. The Kier molecular flexibility index (Phi) is 5.65. The molecule has 0 saturated heterocycles. The third-order valence-electron chi connectivity index (χ3n) is 3.54. The molecule has 0 radical (unpaired) electrons. The van der Waals surface area contributed by atoms with E-state index in [1.165, 1.54) is 18.3 Å². The van der Waals surface area contributed by atoms with Crippen LogP contribution in [0.4, 0.5) is 5.13 Å². The Balaban J connectivity index is 1.60. The molecule has 7 heteroatoms. The van der Waals surface area contributed by atoms with Crippen molar-refractivity contribution in [2.75, 3.05) is 5.32 Å². The van der Waals surface area contributed by atoms with E-state index in [0.29, 0.717) is 15.7 Å². The molecule has 1 amide bonds. The second-order valence-electron chi connectivity index (χ2n) is 5.45. The van der Waals surface area contributed by atoms with Crippen LogP contribution in [-0.2, 0) is 9.53 Å². The molecule has 2 aromatic carbocycles. The summed E-state index contributed by atoms with van der Waals surface area (Å²) in [6, 6.07) is 15.9. The molecule has 132 valence electrons. The topological polar surface area (TPSA) is 68.3 Å². The molecule has 3 aromatic rings. The Morgan fingerprint density at radius 2 is 1.81 bits per heavy atom. The fourth-order valence-electron chi connectivity index (χ4n) is 2.15. The number of ether oxygens (including phenoxy) is 1. The summed E-state index contributed by atoms with van der Waals surface area (Å²) in [6.07, 6.45) is -0.956. The number of carbonyl (C=O) groups excluding carboxylic acids is 2. The van der Waals surface area contributed by atoms with Crippen molar-refractivity contribution >= 4 is 39.9 Å². The number of anilines is 1. The van der Waals surface area contributed by atoms with Gasteiger partial charge in [-0.15, -0.1) is 11.3 Å². The van der Waals surface area contributed by atoms with Gasteiger partial charge in [0.1, 0.15) is 0 Å². The minimum absolute atomic E-state index is 0.328. The van der Waals surface area contributed by atoms with Gasteiger partial charge in [0.2, 0.25) is 0 Å². The quantitative estimate of drug-likeness (QED) is 0.648. The van der Waals surface area contributed by atoms with Crippen LogP contribution in [0.2, 0.25) is 5.02 Å². The molecule has 26 heavy (non-hydrogen) atoms. The number of hydrogen-bond acceptors (Lipinski definition) is 5. The Labute approximate surface area is 159 Å². The second-order valence-corrected chi connectivity index (χ2v) is 6.74. The van der Waals surface area contributed by atoms with E-state index in [1.807, 2.05) is 35.7 Å². The monoisotopic (exact) mass is 386 g/mol. The number of nitrogens with one attached hydrogen (secondary N) is 1. The third-order valence-corrected chi connectivity index (χ3v) is 4.55. The smallest absolute Gasteiger partial charge is 0.338 e. The van der Waals surface area contributed by atoms with Crippen LogP contribution in [0.3, 0.4) is 0 Å². The number of amides is 1. The van der Waals surface area contributed by atoms with Gasteiger partial charge in [-0.25, -0.2) is 9.78 Å². The van der Waals surface area contributed by atoms with Gasteiger partial charge in [0.15, 0.2) is 11.2 Å². The van der Waals surface area contributed by atoms with Crippen LogP contribution in [0.5, 0.6) is 0 Å². The molecule has 3 rings (SSSR count).